The molecular weight excluding hydrogens is 214 g/mol. The lowest BCUT2D eigenvalue weighted by Crippen LogP contribution is -2.21. The highest BCUT2D eigenvalue weighted by atomic mass is 16.5. The van der Waals surface area contributed by atoms with Crippen LogP contribution in [-0.2, 0) is 4.79 Å². The molecule has 0 heterocycles. The van der Waals surface area contributed by atoms with Crippen molar-refractivity contribution in [2.45, 2.75) is 26.7 Å². The van der Waals surface area contributed by atoms with E-state index in [-0.39, 0.29) is 5.91 Å². The topological polar surface area (TPSA) is 29.5 Å². The van der Waals surface area contributed by atoms with E-state index in [9.17, 15) is 4.79 Å². The van der Waals surface area contributed by atoms with E-state index in [0.29, 0.717) is 13.0 Å². The molecule has 3 nitrogen and oxygen atoms in total. The molecule has 3 heteroatoms. The van der Waals surface area contributed by atoms with Gasteiger partial charge in [0.2, 0.25) is 5.91 Å². The molecule has 0 unspecified atom stereocenters. The normalized spacial score (nSPS) is 10.1. The van der Waals surface area contributed by atoms with Crippen LogP contribution < -0.4 is 4.74 Å². The summed E-state index contributed by atoms with van der Waals surface area (Å²) in [5.74, 6) is 1.06. The molecule has 1 amide bonds. The molecule has 1 aromatic rings. The van der Waals surface area contributed by atoms with Crippen LogP contribution in [0.3, 0.4) is 0 Å². The summed E-state index contributed by atoms with van der Waals surface area (Å²) in [5, 5.41) is 0. The minimum atomic E-state index is 0.147. The van der Waals surface area contributed by atoms with Crippen LogP contribution in [0.25, 0.3) is 0 Å². The van der Waals surface area contributed by atoms with Crippen LogP contribution >= 0.6 is 0 Å². The van der Waals surface area contributed by atoms with Crippen molar-refractivity contribution in [3.63, 3.8) is 0 Å². The maximum atomic E-state index is 11.3. The molecule has 0 saturated heterocycles. The van der Waals surface area contributed by atoms with Crippen molar-refractivity contribution in [3.05, 3.63) is 29.3 Å². The third-order valence-corrected chi connectivity index (χ3v) is 2.62. The molecule has 0 bridgehead atoms. The predicted octanol–water partition coefficient (Wildman–Crippen LogP) is 2.55. The van der Waals surface area contributed by atoms with Gasteiger partial charge in [0.15, 0.2) is 0 Å². The molecule has 0 aliphatic carbocycles. The largest absolute Gasteiger partial charge is 0.493 e. The minimum Gasteiger partial charge on any atom is -0.493 e. The molecule has 0 fully saturated rings. The standard InChI is InChI=1S/C14H21NO2/c1-11-7-8-13(12(2)10-11)17-9-5-6-14(16)15(3)4/h7-8,10H,5-6,9H2,1-4H3. The van der Waals surface area contributed by atoms with Gasteiger partial charge in [0.25, 0.3) is 0 Å². The van der Waals surface area contributed by atoms with Crippen molar-refractivity contribution in [1.29, 1.82) is 0 Å². The first kappa shape index (κ1) is 13.6. The summed E-state index contributed by atoms with van der Waals surface area (Å²) in [7, 11) is 3.54. The van der Waals surface area contributed by atoms with Crippen LogP contribution in [0.2, 0.25) is 0 Å². The first-order valence-electron chi connectivity index (χ1n) is 5.91. The first-order chi connectivity index (χ1) is 8.00. The Morgan fingerprint density at radius 2 is 2.00 bits per heavy atom. The van der Waals surface area contributed by atoms with Crippen LogP contribution in [0.5, 0.6) is 5.75 Å². The van der Waals surface area contributed by atoms with Gasteiger partial charge in [-0.1, -0.05) is 17.7 Å². The fourth-order valence-corrected chi connectivity index (χ4v) is 1.59. The Kier molecular flexibility index (Phi) is 5.01. The Morgan fingerprint density at radius 3 is 2.59 bits per heavy atom. The Bertz CT molecular complexity index is 386. The van der Waals surface area contributed by atoms with Crippen LogP contribution in [0.1, 0.15) is 24.0 Å². The molecule has 0 aromatic heterocycles. The first-order valence-corrected chi connectivity index (χ1v) is 5.91. The lowest BCUT2D eigenvalue weighted by Gasteiger charge is -2.11. The zero-order valence-corrected chi connectivity index (χ0v) is 11.1. The van der Waals surface area contributed by atoms with Crippen molar-refractivity contribution in [3.8, 4) is 5.75 Å². The molecule has 0 spiro atoms. The second kappa shape index (κ2) is 6.28. The van der Waals surface area contributed by atoms with E-state index < -0.39 is 0 Å². The number of carbonyl (C=O) groups is 1. The van der Waals surface area contributed by atoms with Crippen molar-refractivity contribution in [2.24, 2.45) is 0 Å². The summed E-state index contributed by atoms with van der Waals surface area (Å²) < 4.78 is 5.65. The van der Waals surface area contributed by atoms with Crippen molar-refractivity contribution >= 4 is 5.91 Å². The van der Waals surface area contributed by atoms with Gasteiger partial charge in [0, 0.05) is 20.5 Å². The van der Waals surface area contributed by atoms with E-state index in [2.05, 4.69) is 13.0 Å². The Balaban J connectivity index is 2.34. The summed E-state index contributed by atoms with van der Waals surface area (Å²) in [4.78, 5) is 12.9. The monoisotopic (exact) mass is 235 g/mol. The van der Waals surface area contributed by atoms with E-state index >= 15 is 0 Å². The van der Waals surface area contributed by atoms with E-state index in [1.54, 1.807) is 19.0 Å². The zero-order chi connectivity index (χ0) is 12.8. The molecule has 0 saturated carbocycles. The molecule has 0 aliphatic rings. The third kappa shape index (κ3) is 4.47. The minimum absolute atomic E-state index is 0.147. The molecule has 0 radical (unpaired) electrons. The van der Waals surface area contributed by atoms with Crippen molar-refractivity contribution in [1.82, 2.24) is 4.90 Å². The highest BCUT2D eigenvalue weighted by molar-refractivity contribution is 5.75. The number of rotatable bonds is 5. The van der Waals surface area contributed by atoms with Crippen LogP contribution in [0.15, 0.2) is 18.2 Å². The molecule has 0 N–H and O–H groups in total. The van der Waals surface area contributed by atoms with E-state index in [0.717, 1.165) is 17.7 Å². The second-order valence-electron chi connectivity index (χ2n) is 4.51. The van der Waals surface area contributed by atoms with Gasteiger partial charge in [-0.3, -0.25) is 4.79 Å². The molecular formula is C14H21NO2. The average Bonchev–Trinajstić information content (AvgIpc) is 2.26. The van der Waals surface area contributed by atoms with E-state index in [4.69, 9.17) is 4.74 Å². The van der Waals surface area contributed by atoms with Gasteiger partial charge in [0.05, 0.1) is 6.61 Å². The van der Waals surface area contributed by atoms with Gasteiger partial charge in [-0.2, -0.15) is 0 Å². The van der Waals surface area contributed by atoms with Crippen LogP contribution in [0.4, 0.5) is 0 Å². The predicted molar refractivity (Wildman–Crippen MR) is 69.3 cm³/mol. The molecule has 94 valence electrons. The van der Waals surface area contributed by atoms with Crippen molar-refractivity contribution < 1.29 is 9.53 Å². The maximum absolute atomic E-state index is 11.3. The number of benzene rings is 1. The van der Waals surface area contributed by atoms with Gasteiger partial charge in [-0.25, -0.2) is 0 Å². The van der Waals surface area contributed by atoms with Gasteiger partial charge in [0.1, 0.15) is 5.75 Å². The number of hydrogen-bond donors (Lipinski definition) is 0. The second-order valence-corrected chi connectivity index (χ2v) is 4.51. The van der Waals surface area contributed by atoms with Gasteiger partial charge < -0.3 is 9.64 Å². The van der Waals surface area contributed by atoms with E-state index in [1.165, 1.54) is 5.56 Å². The number of aryl methyl sites for hydroxylation is 2. The third-order valence-electron chi connectivity index (χ3n) is 2.62. The Hall–Kier alpha value is -1.51. The number of carbonyl (C=O) groups excluding carboxylic acids is 1. The zero-order valence-electron chi connectivity index (χ0n) is 11.1. The summed E-state index contributed by atoms with van der Waals surface area (Å²) in [6.07, 6.45) is 1.29. The quantitative estimate of drug-likeness (QED) is 0.734. The molecule has 17 heavy (non-hydrogen) atoms. The lowest BCUT2D eigenvalue weighted by molar-refractivity contribution is -0.128. The van der Waals surface area contributed by atoms with Gasteiger partial charge in [-0.05, 0) is 31.9 Å². The maximum Gasteiger partial charge on any atom is 0.222 e. The molecule has 1 rings (SSSR count). The highest BCUT2D eigenvalue weighted by Crippen LogP contribution is 2.18. The summed E-state index contributed by atoms with van der Waals surface area (Å²) in [6, 6.07) is 6.12. The van der Waals surface area contributed by atoms with Crippen LogP contribution in [-0.4, -0.2) is 31.5 Å². The summed E-state index contributed by atoms with van der Waals surface area (Å²) in [5.41, 5.74) is 2.38. The van der Waals surface area contributed by atoms with Crippen molar-refractivity contribution in [2.75, 3.05) is 20.7 Å². The summed E-state index contributed by atoms with van der Waals surface area (Å²) >= 11 is 0. The van der Waals surface area contributed by atoms with Gasteiger partial charge in [-0.15, -0.1) is 0 Å². The molecule has 1 aromatic carbocycles. The smallest absolute Gasteiger partial charge is 0.222 e. The highest BCUT2D eigenvalue weighted by Gasteiger charge is 2.04. The fraction of sp³-hybridized carbons (Fsp3) is 0.500. The molecule has 0 aliphatic heterocycles. The Morgan fingerprint density at radius 1 is 1.29 bits per heavy atom. The lowest BCUT2D eigenvalue weighted by atomic mass is 10.1. The molecule has 0 atom stereocenters. The summed E-state index contributed by atoms with van der Waals surface area (Å²) in [6.45, 7) is 4.68. The van der Waals surface area contributed by atoms with Gasteiger partial charge >= 0.3 is 0 Å². The fourth-order valence-electron chi connectivity index (χ4n) is 1.59. The number of nitrogens with zero attached hydrogens (tertiary/aromatic N) is 1. The number of ether oxygens (including phenoxy) is 1. The number of hydrogen-bond acceptors (Lipinski definition) is 2. The SMILES string of the molecule is Cc1ccc(OCCCC(=O)N(C)C)c(C)c1. The number of amides is 1. The Labute approximate surface area is 103 Å². The average molecular weight is 235 g/mol. The van der Waals surface area contributed by atoms with Crippen LogP contribution in [0, 0.1) is 13.8 Å². The van der Waals surface area contributed by atoms with E-state index in [1.807, 2.05) is 19.1 Å².